The molecule has 0 aliphatic carbocycles. The molecule has 19 heavy (non-hydrogen) atoms. The summed E-state index contributed by atoms with van der Waals surface area (Å²) in [5, 5.41) is 7.99. The van der Waals surface area contributed by atoms with E-state index < -0.39 is 0 Å². The van der Waals surface area contributed by atoms with Crippen LogP contribution in [0.4, 0.5) is 0 Å². The van der Waals surface area contributed by atoms with E-state index in [1.807, 2.05) is 0 Å². The van der Waals surface area contributed by atoms with Gasteiger partial charge in [-0.05, 0) is 54.7 Å². The Bertz CT molecular complexity index is 365. The number of hydrogen-bond donors (Lipinski definition) is 1. The Labute approximate surface area is 120 Å². The number of fused-ring (bicyclic) bond motifs is 1. The van der Waals surface area contributed by atoms with Crippen molar-refractivity contribution >= 4 is 11.3 Å². The molecule has 3 nitrogen and oxygen atoms in total. The molecule has 0 aromatic carbocycles. The van der Waals surface area contributed by atoms with Gasteiger partial charge in [0.15, 0.2) is 0 Å². The van der Waals surface area contributed by atoms with Gasteiger partial charge in [-0.1, -0.05) is 0 Å². The number of nitrogens with one attached hydrogen (secondary N) is 1. The van der Waals surface area contributed by atoms with Gasteiger partial charge in [-0.15, -0.1) is 0 Å². The standard InChI is InChI=1S/C15H25N3S/c1-2-15-12-17(9-10-18(15)7-1)8-6-16-5-3-14-4-11-19-13-14/h4,11,13,15-16H,1-3,5-10,12H2. The van der Waals surface area contributed by atoms with Crippen molar-refractivity contribution in [3.8, 4) is 0 Å². The third-order valence-electron chi connectivity index (χ3n) is 4.45. The van der Waals surface area contributed by atoms with Crippen molar-refractivity contribution in [2.75, 3.05) is 45.8 Å². The maximum atomic E-state index is 3.58. The van der Waals surface area contributed by atoms with Crippen LogP contribution in [0, 0.1) is 0 Å². The first kappa shape index (κ1) is 13.6. The summed E-state index contributed by atoms with van der Waals surface area (Å²) in [6.07, 6.45) is 4.00. The Hall–Kier alpha value is -0.420. The van der Waals surface area contributed by atoms with Crippen molar-refractivity contribution in [2.45, 2.75) is 25.3 Å². The van der Waals surface area contributed by atoms with E-state index in [0.717, 1.165) is 19.1 Å². The summed E-state index contributed by atoms with van der Waals surface area (Å²) in [6.45, 7) is 8.66. The van der Waals surface area contributed by atoms with Gasteiger partial charge in [0, 0.05) is 38.8 Å². The molecule has 2 aliphatic rings. The summed E-state index contributed by atoms with van der Waals surface area (Å²) in [5.74, 6) is 0. The van der Waals surface area contributed by atoms with Crippen LogP contribution in [0.2, 0.25) is 0 Å². The van der Waals surface area contributed by atoms with E-state index in [-0.39, 0.29) is 0 Å². The molecule has 0 spiro atoms. The zero-order chi connectivity index (χ0) is 12.9. The summed E-state index contributed by atoms with van der Waals surface area (Å²) >= 11 is 1.79. The van der Waals surface area contributed by atoms with E-state index in [2.05, 4.69) is 31.9 Å². The molecule has 1 aromatic heterocycles. The van der Waals surface area contributed by atoms with Crippen LogP contribution in [0.3, 0.4) is 0 Å². The van der Waals surface area contributed by atoms with E-state index >= 15 is 0 Å². The van der Waals surface area contributed by atoms with Crippen LogP contribution in [-0.2, 0) is 6.42 Å². The summed E-state index contributed by atoms with van der Waals surface area (Å²) in [5.41, 5.74) is 1.47. The Morgan fingerprint density at radius 2 is 2.26 bits per heavy atom. The van der Waals surface area contributed by atoms with Crippen molar-refractivity contribution < 1.29 is 0 Å². The molecular weight excluding hydrogens is 254 g/mol. The van der Waals surface area contributed by atoms with Gasteiger partial charge in [-0.25, -0.2) is 0 Å². The molecule has 0 bridgehead atoms. The summed E-state index contributed by atoms with van der Waals surface area (Å²) in [6, 6.07) is 3.09. The van der Waals surface area contributed by atoms with Gasteiger partial charge in [0.2, 0.25) is 0 Å². The van der Waals surface area contributed by atoms with Gasteiger partial charge < -0.3 is 5.32 Å². The van der Waals surface area contributed by atoms with Crippen molar-refractivity contribution in [2.24, 2.45) is 0 Å². The largest absolute Gasteiger partial charge is 0.315 e. The Morgan fingerprint density at radius 3 is 3.16 bits per heavy atom. The molecule has 4 heteroatoms. The van der Waals surface area contributed by atoms with Gasteiger partial charge in [0.05, 0.1) is 0 Å². The zero-order valence-electron chi connectivity index (χ0n) is 11.7. The van der Waals surface area contributed by atoms with Gasteiger partial charge in [-0.2, -0.15) is 11.3 Å². The molecule has 2 saturated heterocycles. The zero-order valence-corrected chi connectivity index (χ0v) is 12.5. The molecule has 0 amide bonds. The molecule has 1 N–H and O–H groups in total. The molecule has 1 unspecified atom stereocenters. The minimum absolute atomic E-state index is 0.861. The van der Waals surface area contributed by atoms with E-state index in [1.165, 1.54) is 57.5 Å². The van der Waals surface area contributed by atoms with E-state index in [4.69, 9.17) is 0 Å². The smallest absolute Gasteiger partial charge is 0.0224 e. The fraction of sp³-hybridized carbons (Fsp3) is 0.733. The second-order valence-corrected chi connectivity index (χ2v) is 6.54. The first-order valence-electron chi connectivity index (χ1n) is 7.60. The highest BCUT2D eigenvalue weighted by molar-refractivity contribution is 7.07. The van der Waals surface area contributed by atoms with Gasteiger partial charge in [0.25, 0.3) is 0 Å². The number of hydrogen-bond acceptors (Lipinski definition) is 4. The maximum absolute atomic E-state index is 3.58. The van der Waals surface area contributed by atoms with Crippen molar-refractivity contribution in [1.29, 1.82) is 0 Å². The Kier molecular flexibility index (Phi) is 4.88. The normalized spacial score (nSPS) is 24.7. The summed E-state index contributed by atoms with van der Waals surface area (Å²) in [7, 11) is 0. The minimum atomic E-state index is 0.861. The lowest BCUT2D eigenvalue weighted by Gasteiger charge is -2.37. The average molecular weight is 279 g/mol. The average Bonchev–Trinajstić information content (AvgIpc) is 3.08. The highest BCUT2D eigenvalue weighted by Gasteiger charge is 2.29. The highest BCUT2D eigenvalue weighted by atomic mass is 32.1. The third kappa shape index (κ3) is 3.78. The van der Waals surface area contributed by atoms with Crippen LogP contribution in [-0.4, -0.2) is 61.7 Å². The molecule has 1 aromatic rings. The molecule has 1 atom stereocenters. The second-order valence-electron chi connectivity index (χ2n) is 5.76. The van der Waals surface area contributed by atoms with Crippen LogP contribution in [0.25, 0.3) is 0 Å². The van der Waals surface area contributed by atoms with Crippen molar-refractivity contribution in [3.05, 3.63) is 22.4 Å². The predicted molar refractivity (Wildman–Crippen MR) is 81.9 cm³/mol. The number of piperazine rings is 1. The van der Waals surface area contributed by atoms with Crippen molar-refractivity contribution in [3.63, 3.8) is 0 Å². The van der Waals surface area contributed by atoms with Crippen molar-refractivity contribution in [1.82, 2.24) is 15.1 Å². The summed E-state index contributed by atoms with van der Waals surface area (Å²) in [4.78, 5) is 5.32. The third-order valence-corrected chi connectivity index (χ3v) is 5.18. The van der Waals surface area contributed by atoms with Crippen LogP contribution in [0.1, 0.15) is 18.4 Å². The second kappa shape index (κ2) is 6.84. The predicted octanol–water partition coefficient (Wildman–Crippen LogP) is 1.66. The van der Waals surface area contributed by atoms with Gasteiger partial charge in [0.1, 0.15) is 0 Å². The monoisotopic (exact) mass is 279 g/mol. The molecule has 2 fully saturated rings. The van der Waals surface area contributed by atoms with E-state index in [0.29, 0.717) is 0 Å². The highest BCUT2D eigenvalue weighted by Crippen LogP contribution is 2.20. The number of nitrogens with zero attached hydrogens (tertiary/aromatic N) is 2. The number of thiophene rings is 1. The fourth-order valence-corrected chi connectivity index (χ4v) is 3.99. The molecule has 0 saturated carbocycles. The molecule has 3 heterocycles. The SMILES string of the molecule is c1cc(CCNCCN2CCN3CCCC3C2)cs1. The topological polar surface area (TPSA) is 18.5 Å². The van der Waals surface area contributed by atoms with Crippen LogP contribution in [0.5, 0.6) is 0 Å². The lowest BCUT2D eigenvalue weighted by Crippen LogP contribution is -2.51. The maximum Gasteiger partial charge on any atom is 0.0224 e. The van der Waals surface area contributed by atoms with Crippen LogP contribution < -0.4 is 5.32 Å². The lowest BCUT2D eigenvalue weighted by atomic mass is 10.1. The molecule has 3 rings (SSSR count). The quantitative estimate of drug-likeness (QED) is 0.799. The van der Waals surface area contributed by atoms with Gasteiger partial charge in [-0.3, -0.25) is 9.80 Å². The number of rotatable bonds is 6. The first-order valence-corrected chi connectivity index (χ1v) is 8.54. The summed E-state index contributed by atoms with van der Waals surface area (Å²) < 4.78 is 0. The van der Waals surface area contributed by atoms with Gasteiger partial charge >= 0.3 is 0 Å². The van der Waals surface area contributed by atoms with Crippen LogP contribution >= 0.6 is 11.3 Å². The Morgan fingerprint density at radius 1 is 1.26 bits per heavy atom. The molecule has 2 aliphatic heterocycles. The van der Waals surface area contributed by atoms with E-state index in [9.17, 15) is 0 Å². The van der Waals surface area contributed by atoms with E-state index in [1.54, 1.807) is 11.3 Å². The van der Waals surface area contributed by atoms with Crippen LogP contribution in [0.15, 0.2) is 16.8 Å². The molecular formula is C15H25N3S. The minimum Gasteiger partial charge on any atom is -0.315 e. The fourth-order valence-electron chi connectivity index (χ4n) is 3.29. The molecule has 106 valence electrons. The first-order chi connectivity index (χ1) is 9.42. The lowest BCUT2D eigenvalue weighted by molar-refractivity contribution is 0.105. The Balaban J connectivity index is 1.28. The molecule has 0 radical (unpaired) electrons.